The number of carbonyl (C=O) groups excluding carboxylic acids is 2. The molecule has 1 fully saturated rings. The number of aromatic nitrogens is 2. The van der Waals surface area contributed by atoms with Gasteiger partial charge in [0.05, 0.1) is 22.9 Å². The number of hydrogen-bond donors (Lipinski definition) is 3. The highest BCUT2D eigenvalue weighted by atomic mass is 32.1. The fourth-order valence-electron chi connectivity index (χ4n) is 4.61. The molecule has 0 radical (unpaired) electrons. The molecule has 2 amide bonds. The molecule has 10 heteroatoms. The quantitative estimate of drug-likeness (QED) is 0.286. The standard InChI is InChI=1S/C29H33N5O4S/c1-29(2,19-7-11-20(37-4)12-8-19)31-27(36)24-17-23-25(32-33-28(23)39-24)30-26(35)18-5-9-21(10-6-18)38-22-13-15-34(3)16-14-22/h5-12,17,22H,13-16H2,1-4H3,(H,31,36)(H2,30,32,33,35). The van der Waals surface area contributed by atoms with Crippen LogP contribution >= 0.6 is 11.3 Å². The molecule has 1 saturated heterocycles. The summed E-state index contributed by atoms with van der Waals surface area (Å²) in [6.07, 6.45) is 2.19. The Labute approximate surface area is 231 Å². The second-order valence-electron chi connectivity index (χ2n) is 10.3. The summed E-state index contributed by atoms with van der Waals surface area (Å²) < 4.78 is 11.3. The van der Waals surface area contributed by atoms with E-state index in [1.54, 1.807) is 25.3 Å². The van der Waals surface area contributed by atoms with Crippen molar-refractivity contribution in [3.05, 3.63) is 70.6 Å². The van der Waals surface area contributed by atoms with E-state index in [0.717, 1.165) is 43.0 Å². The summed E-state index contributed by atoms with van der Waals surface area (Å²) in [6, 6.07) is 16.5. The van der Waals surface area contributed by atoms with Gasteiger partial charge in [-0.15, -0.1) is 11.3 Å². The van der Waals surface area contributed by atoms with E-state index in [1.165, 1.54) is 11.3 Å². The first-order valence-electron chi connectivity index (χ1n) is 12.9. The molecule has 39 heavy (non-hydrogen) atoms. The van der Waals surface area contributed by atoms with Crippen molar-refractivity contribution < 1.29 is 19.1 Å². The van der Waals surface area contributed by atoms with Crippen LogP contribution in [0.15, 0.2) is 54.6 Å². The number of nitrogens with one attached hydrogen (secondary N) is 3. The van der Waals surface area contributed by atoms with Gasteiger partial charge in [-0.25, -0.2) is 0 Å². The second-order valence-corrected chi connectivity index (χ2v) is 11.4. The molecule has 2 aromatic heterocycles. The van der Waals surface area contributed by atoms with E-state index in [-0.39, 0.29) is 17.9 Å². The van der Waals surface area contributed by atoms with Gasteiger partial charge in [0.1, 0.15) is 28.3 Å². The Balaban J connectivity index is 1.23. The summed E-state index contributed by atoms with van der Waals surface area (Å²) in [5.41, 5.74) is 0.856. The van der Waals surface area contributed by atoms with E-state index in [2.05, 4.69) is 32.8 Å². The maximum atomic E-state index is 13.1. The van der Waals surface area contributed by atoms with Crippen LogP contribution in [0.5, 0.6) is 11.5 Å². The van der Waals surface area contributed by atoms with Gasteiger partial charge in [0.15, 0.2) is 0 Å². The van der Waals surface area contributed by atoms with Gasteiger partial charge in [-0.05, 0) is 81.8 Å². The number of rotatable bonds is 8. The van der Waals surface area contributed by atoms with Crippen molar-refractivity contribution in [2.75, 3.05) is 32.6 Å². The normalized spacial score (nSPS) is 14.8. The number of ether oxygens (including phenoxy) is 2. The summed E-state index contributed by atoms with van der Waals surface area (Å²) in [5.74, 6) is 1.48. The smallest absolute Gasteiger partial charge is 0.262 e. The van der Waals surface area contributed by atoms with Crippen molar-refractivity contribution in [3.8, 4) is 11.5 Å². The molecule has 0 bridgehead atoms. The average Bonchev–Trinajstić information content (AvgIpc) is 3.52. The Bertz CT molecular complexity index is 1450. The predicted octanol–water partition coefficient (Wildman–Crippen LogP) is 5.02. The van der Waals surface area contributed by atoms with Gasteiger partial charge < -0.3 is 25.0 Å². The molecule has 9 nitrogen and oxygen atoms in total. The molecule has 4 aromatic rings. The number of likely N-dealkylation sites (tertiary alicyclic amines) is 1. The Hall–Kier alpha value is -3.89. The largest absolute Gasteiger partial charge is 0.497 e. The molecule has 2 aromatic carbocycles. The predicted molar refractivity (Wildman–Crippen MR) is 153 cm³/mol. The summed E-state index contributed by atoms with van der Waals surface area (Å²) in [5, 5.41) is 13.8. The fourth-order valence-corrected chi connectivity index (χ4v) is 5.50. The number of anilines is 1. The molecule has 0 saturated carbocycles. The monoisotopic (exact) mass is 547 g/mol. The maximum absolute atomic E-state index is 13.1. The summed E-state index contributed by atoms with van der Waals surface area (Å²) in [6.45, 7) is 5.94. The molecule has 0 atom stereocenters. The van der Waals surface area contributed by atoms with Crippen molar-refractivity contribution in [2.24, 2.45) is 0 Å². The van der Waals surface area contributed by atoms with E-state index in [0.29, 0.717) is 26.5 Å². The van der Waals surface area contributed by atoms with Gasteiger partial charge in [0.25, 0.3) is 11.8 Å². The highest BCUT2D eigenvalue weighted by molar-refractivity contribution is 7.20. The number of carbonyl (C=O) groups is 2. The first-order chi connectivity index (χ1) is 18.7. The van der Waals surface area contributed by atoms with E-state index >= 15 is 0 Å². The van der Waals surface area contributed by atoms with E-state index in [1.807, 2.05) is 50.2 Å². The highest BCUT2D eigenvalue weighted by Crippen LogP contribution is 2.31. The molecule has 5 rings (SSSR count). The molecule has 1 aliphatic heterocycles. The fraction of sp³-hybridized carbons (Fsp3) is 0.345. The minimum absolute atomic E-state index is 0.200. The van der Waals surface area contributed by atoms with Crippen LogP contribution in [-0.2, 0) is 5.54 Å². The topological polar surface area (TPSA) is 109 Å². The second kappa shape index (κ2) is 11.1. The Morgan fingerprint density at radius 1 is 1.03 bits per heavy atom. The molecule has 3 N–H and O–H groups in total. The van der Waals surface area contributed by atoms with Crippen molar-refractivity contribution >= 4 is 39.2 Å². The van der Waals surface area contributed by atoms with Gasteiger partial charge in [-0.3, -0.25) is 14.7 Å². The number of piperidine rings is 1. The van der Waals surface area contributed by atoms with E-state index in [4.69, 9.17) is 9.47 Å². The molecule has 1 aliphatic rings. The molecule has 204 valence electrons. The van der Waals surface area contributed by atoms with E-state index < -0.39 is 5.54 Å². The Kier molecular flexibility index (Phi) is 7.58. The highest BCUT2D eigenvalue weighted by Gasteiger charge is 2.25. The third-order valence-electron chi connectivity index (χ3n) is 7.04. The molecular weight excluding hydrogens is 514 g/mol. The van der Waals surface area contributed by atoms with Gasteiger partial charge in [0.2, 0.25) is 0 Å². The van der Waals surface area contributed by atoms with Crippen LogP contribution in [0.25, 0.3) is 10.2 Å². The number of methoxy groups -OCH3 is 1. The van der Waals surface area contributed by atoms with Crippen LogP contribution in [0.3, 0.4) is 0 Å². The number of aromatic amines is 1. The lowest BCUT2D eigenvalue weighted by molar-refractivity contribution is 0.0915. The van der Waals surface area contributed by atoms with Crippen molar-refractivity contribution in [3.63, 3.8) is 0 Å². The zero-order valence-electron chi connectivity index (χ0n) is 22.5. The van der Waals surface area contributed by atoms with Crippen LogP contribution < -0.4 is 20.1 Å². The number of benzene rings is 2. The minimum Gasteiger partial charge on any atom is -0.497 e. The van der Waals surface area contributed by atoms with Crippen LogP contribution in [0.1, 0.15) is 52.3 Å². The van der Waals surface area contributed by atoms with Crippen molar-refractivity contribution in [2.45, 2.75) is 38.3 Å². The van der Waals surface area contributed by atoms with Crippen LogP contribution in [0, 0.1) is 0 Å². The number of amides is 2. The van der Waals surface area contributed by atoms with Crippen LogP contribution in [-0.4, -0.2) is 60.3 Å². The van der Waals surface area contributed by atoms with Gasteiger partial charge in [-0.1, -0.05) is 12.1 Å². The lowest BCUT2D eigenvalue weighted by Gasteiger charge is -2.29. The third-order valence-corrected chi connectivity index (χ3v) is 8.06. The summed E-state index contributed by atoms with van der Waals surface area (Å²) in [7, 11) is 3.74. The molecule has 3 heterocycles. The number of hydrogen-bond acceptors (Lipinski definition) is 7. The number of thiophene rings is 1. The molecule has 0 spiro atoms. The summed E-state index contributed by atoms with van der Waals surface area (Å²) in [4.78, 5) is 29.5. The van der Waals surface area contributed by atoms with Crippen LogP contribution in [0.2, 0.25) is 0 Å². The third kappa shape index (κ3) is 6.07. The van der Waals surface area contributed by atoms with Gasteiger partial charge in [-0.2, -0.15) is 5.10 Å². The maximum Gasteiger partial charge on any atom is 0.262 e. The Morgan fingerprint density at radius 3 is 2.36 bits per heavy atom. The van der Waals surface area contributed by atoms with Crippen LogP contribution in [0.4, 0.5) is 5.82 Å². The van der Waals surface area contributed by atoms with Crippen molar-refractivity contribution in [1.82, 2.24) is 20.4 Å². The SMILES string of the molecule is COc1ccc(C(C)(C)NC(=O)c2cc3c(NC(=O)c4ccc(OC5CCN(C)CC5)cc4)[nH]nc3s2)cc1. The number of fused-ring (bicyclic) bond motifs is 1. The zero-order chi connectivity index (χ0) is 27.6. The lowest BCUT2D eigenvalue weighted by Crippen LogP contribution is -2.40. The average molecular weight is 548 g/mol. The van der Waals surface area contributed by atoms with Gasteiger partial charge >= 0.3 is 0 Å². The van der Waals surface area contributed by atoms with Crippen molar-refractivity contribution in [1.29, 1.82) is 0 Å². The number of H-pyrrole nitrogens is 1. The minimum atomic E-state index is -0.600. The lowest BCUT2D eigenvalue weighted by atomic mass is 9.94. The van der Waals surface area contributed by atoms with E-state index in [9.17, 15) is 9.59 Å². The zero-order valence-corrected chi connectivity index (χ0v) is 23.4. The summed E-state index contributed by atoms with van der Waals surface area (Å²) >= 11 is 1.26. The Morgan fingerprint density at radius 2 is 1.69 bits per heavy atom. The first kappa shape index (κ1) is 26.7. The molecule has 0 unspecified atom stereocenters. The molecule has 0 aliphatic carbocycles. The molecular formula is C29H33N5O4S. The first-order valence-corrected chi connectivity index (χ1v) is 13.7. The van der Waals surface area contributed by atoms with Gasteiger partial charge in [0, 0.05) is 18.7 Å². The number of nitrogens with zero attached hydrogens (tertiary/aromatic N) is 2.